The Bertz CT molecular complexity index is 1340. The van der Waals surface area contributed by atoms with Crippen LogP contribution in [0.4, 0.5) is 19.1 Å². The summed E-state index contributed by atoms with van der Waals surface area (Å²) in [7, 11) is -3.76. The third-order valence-electron chi connectivity index (χ3n) is 5.97. The minimum Gasteiger partial charge on any atom is -0.389 e. The van der Waals surface area contributed by atoms with Crippen molar-refractivity contribution in [3.63, 3.8) is 0 Å². The number of rotatable bonds is 7. The molecule has 0 radical (unpaired) electrons. The maximum absolute atomic E-state index is 13.7. The Morgan fingerprint density at radius 1 is 1.19 bits per heavy atom. The van der Waals surface area contributed by atoms with Crippen molar-refractivity contribution in [2.75, 3.05) is 18.4 Å². The van der Waals surface area contributed by atoms with Crippen LogP contribution in [0.15, 0.2) is 48.0 Å². The summed E-state index contributed by atoms with van der Waals surface area (Å²) in [5, 5.41) is 17.1. The first-order chi connectivity index (χ1) is 17.2. The van der Waals surface area contributed by atoms with Gasteiger partial charge in [-0.15, -0.1) is 0 Å². The number of nitrogens with zero attached hydrogens (tertiary/aromatic N) is 6. The predicted molar refractivity (Wildman–Crippen MR) is 129 cm³/mol. The summed E-state index contributed by atoms with van der Waals surface area (Å²) in [5.74, 6) is -0.188. The van der Waals surface area contributed by atoms with Gasteiger partial charge in [0.15, 0.2) is 5.03 Å². The van der Waals surface area contributed by atoms with Gasteiger partial charge in [-0.25, -0.2) is 23.4 Å². The van der Waals surface area contributed by atoms with E-state index < -0.39 is 27.4 Å². The van der Waals surface area contributed by atoms with Crippen LogP contribution in [0, 0.1) is 5.92 Å². The molecule has 2 N–H and O–H groups in total. The van der Waals surface area contributed by atoms with Crippen LogP contribution in [0.2, 0.25) is 0 Å². The summed E-state index contributed by atoms with van der Waals surface area (Å²) < 4.78 is 69.7. The maximum atomic E-state index is 13.7. The van der Waals surface area contributed by atoms with E-state index in [1.807, 2.05) is 6.92 Å². The molecule has 0 aliphatic carbocycles. The number of aliphatic hydroxyl groups is 1. The molecule has 0 aromatic carbocycles. The van der Waals surface area contributed by atoms with Crippen molar-refractivity contribution in [1.82, 2.24) is 29.0 Å². The predicted octanol–water partition coefficient (Wildman–Crippen LogP) is 3.04. The second-order valence-electron chi connectivity index (χ2n) is 9.74. The van der Waals surface area contributed by atoms with Gasteiger partial charge in [0, 0.05) is 43.3 Å². The number of anilines is 1. The number of aromatic nitrogens is 5. The summed E-state index contributed by atoms with van der Waals surface area (Å²) in [6.07, 6.45) is 0.503. The van der Waals surface area contributed by atoms with E-state index >= 15 is 0 Å². The Hall–Kier alpha value is -3.10. The van der Waals surface area contributed by atoms with Gasteiger partial charge in [-0.05, 0) is 38.3 Å². The molecule has 1 aliphatic rings. The first kappa shape index (κ1) is 26.9. The van der Waals surface area contributed by atoms with Crippen LogP contribution in [0.5, 0.6) is 0 Å². The molecule has 4 heterocycles. The zero-order valence-electron chi connectivity index (χ0n) is 20.5. The average molecular weight is 540 g/mol. The molecule has 1 saturated heterocycles. The van der Waals surface area contributed by atoms with Gasteiger partial charge in [0.2, 0.25) is 5.95 Å². The van der Waals surface area contributed by atoms with Crippen molar-refractivity contribution < 1.29 is 26.7 Å². The number of nitrogens with one attached hydrogen (secondary N) is 1. The van der Waals surface area contributed by atoms with Gasteiger partial charge in [0.1, 0.15) is 5.56 Å². The summed E-state index contributed by atoms with van der Waals surface area (Å²) in [5.41, 5.74) is -2.32. The van der Waals surface area contributed by atoms with Crippen LogP contribution < -0.4 is 5.32 Å². The molecule has 0 amide bonds. The monoisotopic (exact) mass is 539 g/mol. The molecule has 3 aromatic heterocycles. The molecule has 3 aromatic rings. The molecule has 10 nitrogen and oxygen atoms in total. The fourth-order valence-corrected chi connectivity index (χ4v) is 5.67. The van der Waals surface area contributed by atoms with Crippen LogP contribution in [-0.4, -0.2) is 67.3 Å². The van der Waals surface area contributed by atoms with Crippen molar-refractivity contribution in [3.8, 4) is 11.3 Å². The van der Waals surface area contributed by atoms with Gasteiger partial charge in [-0.1, -0.05) is 13.0 Å². The van der Waals surface area contributed by atoms with Crippen LogP contribution in [0.3, 0.4) is 0 Å². The van der Waals surface area contributed by atoms with E-state index in [2.05, 4.69) is 25.4 Å². The lowest BCUT2D eigenvalue weighted by atomic mass is 9.95. The summed E-state index contributed by atoms with van der Waals surface area (Å²) in [6, 6.07) is 4.41. The van der Waals surface area contributed by atoms with E-state index in [0.717, 1.165) is 6.20 Å². The topological polar surface area (TPSA) is 126 Å². The standard InChI is InChI=1S/C23H28F3N7O3S/c1-15-12-33(37(35,36)19-6-4-5-8-27-19)9-7-18(15)30-21-28-11-17(23(24,25)26)20(31-21)16-10-29-32(13-16)14-22(2,3)34/h4-6,8,10-11,13,15,18,34H,7,9,12,14H2,1-3H3,(H,28,30,31)/t15-,18+/m1/s1. The Balaban J connectivity index is 1.54. The SMILES string of the molecule is C[C@@H]1CN(S(=O)(=O)c2ccccn2)CC[C@@H]1Nc1ncc(C(F)(F)F)c(-c2cnn(CC(C)(C)O)c2)n1. The Morgan fingerprint density at radius 2 is 1.95 bits per heavy atom. The van der Waals surface area contributed by atoms with E-state index in [0.29, 0.717) is 6.42 Å². The highest BCUT2D eigenvalue weighted by atomic mass is 32.2. The molecule has 0 unspecified atom stereocenters. The average Bonchev–Trinajstić information content (AvgIpc) is 3.27. The van der Waals surface area contributed by atoms with Crippen LogP contribution >= 0.6 is 0 Å². The van der Waals surface area contributed by atoms with E-state index in [1.54, 1.807) is 26.0 Å². The smallest absolute Gasteiger partial charge is 0.389 e. The van der Waals surface area contributed by atoms with Crippen LogP contribution in [0.1, 0.15) is 32.8 Å². The lowest BCUT2D eigenvalue weighted by Crippen LogP contribution is -2.47. The molecule has 2 atom stereocenters. The quantitative estimate of drug-likeness (QED) is 0.469. The molecule has 4 rings (SSSR count). The zero-order chi connectivity index (χ0) is 27.0. The molecule has 200 valence electrons. The molecular weight excluding hydrogens is 511 g/mol. The highest BCUT2D eigenvalue weighted by Crippen LogP contribution is 2.36. The van der Waals surface area contributed by atoms with Gasteiger partial charge in [-0.3, -0.25) is 4.68 Å². The molecule has 0 spiro atoms. The molecule has 0 bridgehead atoms. The first-order valence-electron chi connectivity index (χ1n) is 11.6. The lowest BCUT2D eigenvalue weighted by molar-refractivity contribution is -0.137. The molecule has 1 aliphatic heterocycles. The van der Waals surface area contributed by atoms with Gasteiger partial charge >= 0.3 is 6.18 Å². The van der Waals surface area contributed by atoms with Gasteiger partial charge < -0.3 is 10.4 Å². The normalized spacial score (nSPS) is 19.6. The minimum atomic E-state index is -4.69. The summed E-state index contributed by atoms with van der Waals surface area (Å²) in [6.45, 7) is 5.48. The van der Waals surface area contributed by atoms with E-state index in [1.165, 1.54) is 33.6 Å². The third kappa shape index (κ3) is 6.25. The van der Waals surface area contributed by atoms with E-state index in [4.69, 9.17) is 0 Å². The lowest BCUT2D eigenvalue weighted by Gasteiger charge is -2.36. The summed E-state index contributed by atoms with van der Waals surface area (Å²) >= 11 is 0. The fourth-order valence-electron chi connectivity index (χ4n) is 4.19. The van der Waals surface area contributed by atoms with Crippen molar-refractivity contribution in [2.24, 2.45) is 5.92 Å². The highest BCUT2D eigenvalue weighted by molar-refractivity contribution is 7.89. The molecule has 14 heteroatoms. The third-order valence-corrected chi connectivity index (χ3v) is 7.76. The van der Waals surface area contributed by atoms with Crippen molar-refractivity contribution in [2.45, 2.75) is 56.6 Å². The van der Waals surface area contributed by atoms with Crippen molar-refractivity contribution >= 4 is 16.0 Å². The number of pyridine rings is 1. The highest BCUT2D eigenvalue weighted by Gasteiger charge is 2.37. The zero-order valence-corrected chi connectivity index (χ0v) is 21.3. The van der Waals surface area contributed by atoms with E-state index in [-0.39, 0.29) is 53.8 Å². The Labute approximate surface area is 212 Å². The second-order valence-corrected chi connectivity index (χ2v) is 11.6. The van der Waals surface area contributed by atoms with E-state index in [9.17, 15) is 26.7 Å². The molecule has 1 fully saturated rings. The summed E-state index contributed by atoms with van der Waals surface area (Å²) in [4.78, 5) is 12.0. The van der Waals surface area contributed by atoms with Crippen LogP contribution in [0.25, 0.3) is 11.3 Å². The van der Waals surface area contributed by atoms with Crippen LogP contribution in [-0.2, 0) is 22.7 Å². The largest absolute Gasteiger partial charge is 0.419 e. The van der Waals surface area contributed by atoms with Gasteiger partial charge in [-0.2, -0.15) is 22.6 Å². The minimum absolute atomic E-state index is 0.00359. The second kappa shape index (κ2) is 9.99. The number of halogens is 3. The number of hydrogen-bond acceptors (Lipinski definition) is 8. The molecular formula is C23H28F3N7O3S. The number of hydrogen-bond donors (Lipinski definition) is 2. The number of piperidine rings is 1. The maximum Gasteiger partial charge on any atom is 0.419 e. The van der Waals surface area contributed by atoms with Crippen molar-refractivity contribution in [1.29, 1.82) is 0 Å². The molecule has 37 heavy (non-hydrogen) atoms. The number of alkyl halides is 3. The fraction of sp³-hybridized carbons (Fsp3) is 0.478. The molecule has 0 saturated carbocycles. The number of sulfonamides is 1. The van der Waals surface area contributed by atoms with Gasteiger partial charge in [0.25, 0.3) is 10.0 Å². The van der Waals surface area contributed by atoms with Gasteiger partial charge in [0.05, 0.1) is 24.0 Å². The first-order valence-corrected chi connectivity index (χ1v) is 13.1. The van der Waals surface area contributed by atoms with Crippen molar-refractivity contribution in [3.05, 3.63) is 48.5 Å². The Morgan fingerprint density at radius 3 is 2.57 bits per heavy atom. The Kier molecular flexibility index (Phi) is 7.27.